The molecule has 0 saturated carbocycles. The number of rotatable bonds is 4. The Morgan fingerprint density at radius 1 is 0.941 bits per heavy atom. The number of ether oxygens (including phenoxy) is 1. The molecule has 174 valence electrons. The maximum Gasteiger partial charge on any atom is 0.416 e. The number of alkyl halides is 3. The van der Waals surface area contributed by atoms with E-state index >= 15 is 0 Å². The summed E-state index contributed by atoms with van der Waals surface area (Å²) in [7, 11) is 0. The first-order chi connectivity index (χ1) is 16.1. The van der Waals surface area contributed by atoms with Gasteiger partial charge >= 0.3 is 12.2 Å². The Kier molecular flexibility index (Phi) is 5.84. The van der Waals surface area contributed by atoms with Gasteiger partial charge in [0, 0.05) is 24.0 Å². The molecular weight excluding hydrogens is 465 g/mol. The molecule has 0 aliphatic heterocycles. The number of aromatic nitrogens is 3. The third-order valence-corrected chi connectivity index (χ3v) is 4.39. The Balaban J connectivity index is 1.49. The minimum atomic E-state index is -4.73. The number of fused-ring (bicyclic) bond motifs is 1. The van der Waals surface area contributed by atoms with E-state index in [9.17, 15) is 31.5 Å². The van der Waals surface area contributed by atoms with Crippen molar-refractivity contribution in [2.75, 3.05) is 10.6 Å². The molecule has 34 heavy (non-hydrogen) atoms. The van der Waals surface area contributed by atoms with Crippen molar-refractivity contribution in [1.29, 1.82) is 0 Å². The van der Waals surface area contributed by atoms with Gasteiger partial charge in [0.15, 0.2) is 23.0 Å². The van der Waals surface area contributed by atoms with E-state index in [-0.39, 0.29) is 28.4 Å². The molecule has 4 aromatic rings. The van der Waals surface area contributed by atoms with Crippen LogP contribution in [0.3, 0.4) is 0 Å². The molecular formula is C21H12F5N5O3. The van der Waals surface area contributed by atoms with E-state index in [0.717, 1.165) is 12.3 Å². The van der Waals surface area contributed by atoms with Crippen LogP contribution in [0, 0.1) is 11.6 Å². The van der Waals surface area contributed by atoms with Crippen molar-refractivity contribution in [1.82, 2.24) is 15.0 Å². The first kappa shape index (κ1) is 22.6. The van der Waals surface area contributed by atoms with E-state index in [4.69, 9.17) is 4.74 Å². The number of benzene rings is 2. The Morgan fingerprint density at radius 3 is 2.47 bits per heavy atom. The summed E-state index contributed by atoms with van der Waals surface area (Å²) in [5, 5.41) is 4.13. The second kappa shape index (κ2) is 8.77. The number of halogens is 5. The number of carbonyl (C=O) groups is 1. The van der Waals surface area contributed by atoms with Crippen LogP contribution < -0.4 is 20.9 Å². The average Bonchev–Trinajstić information content (AvgIpc) is 2.76. The summed E-state index contributed by atoms with van der Waals surface area (Å²) in [6, 6.07) is 5.15. The van der Waals surface area contributed by atoms with E-state index in [0.29, 0.717) is 18.2 Å². The van der Waals surface area contributed by atoms with Gasteiger partial charge in [-0.3, -0.25) is 4.79 Å². The zero-order valence-electron chi connectivity index (χ0n) is 16.7. The van der Waals surface area contributed by atoms with E-state index < -0.39 is 40.7 Å². The zero-order chi connectivity index (χ0) is 24.5. The van der Waals surface area contributed by atoms with Gasteiger partial charge in [-0.2, -0.15) is 13.2 Å². The predicted octanol–water partition coefficient (Wildman–Crippen LogP) is 5.05. The normalized spacial score (nSPS) is 11.3. The zero-order valence-corrected chi connectivity index (χ0v) is 16.7. The van der Waals surface area contributed by atoms with Gasteiger partial charge in [-0.15, -0.1) is 0 Å². The van der Waals surface area contributed by atoms with Crippen LogP contribution in [0.25, 0.3) is 11.2 Å². The number of amides is 2. The maximum atomic E-state index is 14.5. The fourth-order valence-corrected chi connectivity index (χ4v) is 2.87. The molecule has 2 aromatic carbocycles. The molecule has 2 heterocycles. The van der Waals surface area contributed by atoms with Crippen LogP contribution in [0.5, 0.6) is 11.5 Å². The van der Waals surface area contributed by atoms with Gasteiger partial charge in [0.1, 0.15) is 11.3 Å². The van der Waals surface area contributed by atoms with Gasteiger partial charge in [0.2, 0.25) is 0 Å². The maximum absolute atomic E-state index is 14.5. The fourth-order valence-electron chi connectivity index (χ4n) is 2.87. The molecule has 0 aliphatic rings. The van der Waals surface area contributed by atoms with Crippen LogP contribution in [0.4, 0.5) is 38.1 Å². The highest BCUT2D eigenvalue weighted by Crippen LogP contribution is 2.32. The summed E-state index contributed by atoms with van der Waals surface area (Å²) in [6.45, 7) is 0. The third-order valence-electron chi connectivity index (χ3n) is 4.39. The summed E-state index contributed by atoms with van der Waals surface area (Å²) >= 11 is 0. The van der Waals surface area contributed by atoms with Crippen molar-refractivity contribution < 1.29 is 31.5 Å². The molecule has 0 unspecified atom stereocenters. The summed E-state index contributed by atoms with van der Waals surface area (Å²) in [6.07, 6.45) is -2.41. The van der Waals surface area contributed by atoms with Crippen LogP contribution in [-0.2, 0) is 6.18 Å². The molecule has 0 radical (unpaired) electrons. The van der Waals surface area contributed by atoms with Crippen LogP contribution in [0.1, 0.15) is 5.56 Å². The van der Waals surface area contributed by atoms with Crippen molar-refractivity contribution >= 4 is 28.6 Å². The second-order valence-corrected chi connectivity index (χ2v) is 6.77. The fraction of sp³-hybridized carbons (Fsp3) is 0.0476. The number of nitrogens with one attached hydrogen (secondary N) is 3. The smallest absolute Gasteiger partial charge is 0.416 e. The summed E-state index contributed by atoms with van der Waals surface area (Å²) in [5.74, 6) is -2.15. The second-order valence-electron chi connectivity index (χ2n) is 6.77. The van der Waals surface area contributed by atoms with Crippen molar-refractivity contribution in [3.8, 4) is 11.5 Å². The quantitative estimate of drug-likeness (QED) is 0.357. The Morgan fingerprint density at radius 2 is 1.74 bits per heavy atom. The Bertz CT molecular complexity index is 1460. The predicted molar refractivity (Wildman–Crippen MR) is 111 cm³/mol. The highest BCUT2D eigenvalue weighted by molar-refractivity contribution is 5.99. The monoisotopic (exact) mass is 477 g/mol. The SMILES string of the molecule is O=C(Nc1ccc(Oc2ccnc3[nH]c(=O)cnc23)c(F)c1)Nc1cc(C(F)(F)F)ccc1F. The van der Waals surface area contributed by atoms with Crippen molar-refractivity contribution in [2.45, 2.75) is 6.18 Å². The van der Waals surface area contributed by atoms with Crippen LogP contribution in [-0.4, -0.2) is 21.0 Å². The largest absolute Gasteiger partial charge is 0.452 e. The number of anilines is 2. The van der Waals surface area contributed by atoms with E-state index in [1.54, 1.807) is 0 Å². The van der Waals surface area contributed by atoms with E-state index in [2.05, 4.69) is 20.3 Å². The van der Waals surface area contributed by atoms with E-state index in [1.807, 2.05) is 5.32 Å². The molecule has 0 fully saturated rings. The van der Waals surface area contributed by atoms with Crippen LogP contribution in [0.15, 0.2) is 59.7 Å². The highest BCUT2D eigenvalue weighted by atomic mass is 19.4. The highest BCUT2D eigenvalue weighted by Gasteiger charge is 2.31. The number of hydrogen-bond acceptors (Lipinski definition) is 5. The minimum absolute atomic E-state index is 0.0863. The number of H-pyrrole nitrogens is 1. The number of hydrogen-bond donors (Lipinski definition) is 3. The number of carbonyl (C=O) groups excluding carboxylic acids is 1. The molecule has 2 amide bonds. The molecule has 0 spiro atoms. The average molecular weight is 477 g/mol. The lowest BCUT2D eigenvalue weighted by Crippen LogP contribution is -2.20. The molecule has 8 nitrogen and oxygen atoms in total. The Hall–Kier alpha value is -4.55. The molecule has 4 rings (SSSR count). The summed E-state index contributed by atoms with van der Waals surface area (Å²) < 4.78 is 72.2. The lowest BCUT2D eigenvalue weighted by molar-refractivity contribution is -0.137. The van der Waals surface area contributed by atoms with Gasteiger partial charge in [0.05, 0.1) is 17.4 Å². The molecule has 3 N–H and O–H groups in total. The van der Waals surface area contributed by atoms with Gasteiger partial charge in [-0.05, 0) is 30.3 Å². The standard InChI is InChI=1S/C21H12F5N5O3/c22-12-3-1-10(21(24,25)26)7-14(12)30-20(33)29-11-2-4-15(13(23)8-11)34-16-5-6-27-19-18(16)28-9-17(32)31-19/h1-9H,(H,27,31,32)(H2,29,30,33). The van der Waals surface area contributed by atoms with Gasteiger partial charge in [0.25, 0.3) is 5.56 Å². The van der Waals surface area contributed by atoms with E-state index in [1.165, 1.54) is 24.4 Å². The third kappa shape index (κ3) is 4.92. The Labute approximate surface area is 186 Å². The van der Waals surface area contributed by atoms with Crippen molar-refractivity contribution in [2.24, 2.45) is 0 Å². The summed E-state index contributed by atoms with van der Waals surface area (Å²) in [5.41, 5.74) is -2.13. The first-order valence-corrected chi connectivity index (χ1v) is 9.36. The summed E-state index contributed by atoms with van der Waals surface area (Å²) in [4.78, 5) is 33.7. The van der Waals surface area contributed by atoms with Gasteiger partial charge in [-0.25, -0.2) is 23.5 Å². The molecule has 0 bridgehead atoms. The van der Waals surface area contributed by atoms with Crippen molar-refractivity contribution in [3.05, 3.63) is 82.4 Å². The van der Waals surface area contributed by atoms with Crippen LogP contribution in [0.2, 0.25) is 0 Å². The lowest BCUT2D eigenvalue weighted by atomic mass is 10.2. The number of pyridine rings is 1. The topological polar surface area (TPSA) is 109 Å². The van der Waals surface area contributed by atoms with Gasteiger partial charge in [-0.1, -0.05) is 0 Å². The molecule has 0 aliphatic carbocycles. The first-order valence-electron chi connectivity index (χ1n) is 9.36. The number of aromatic amines is 1. The molecule has 0 atom stereocenters. The number of nitrogens with zero attached hydrogens (tertiary/aromatic N) is 2. The lowest BCUT2D eigenvalue weighted by Gasteiger charge is -2.13. The number of urea groups is 1. The van der Waals surface area contributed by atoms with Gasteiger partial charge < -0.3 is 20.4 Å². The van der Waals surface area contributed by atoms with Crippen molar-refractivity contribution in [3.63, 3.8) is 0 Å². The minimum Gasteiger partial charge on any atom is -0.452 e. The molecule has 13 heteroatoms. The van der Waals surface area contributed by atoms with Crippen LogP contribution >= 0.6 is 0 Å². The molecule has 0 saturated heterocycles. The molecule has 2 aromatic heterocycles.